The Hall–Kier alpha value is -1.63. The SMILES string of the molecule is CCCCCCCCCCCCCCCCCCCCCCCC[N+](CCC(=O)O)(CCC(=O)O)CCC(=O)O. The van der Waals surface area contributed by atoms with Crippen LogP contribution in [0, 0.1) is 0 Å². The first-order valence-corrected chi connectivity index (χ1v) is 16.8. The smallest absolute Gasteiger partial charge is 0.309 e. The summed E-state index contributed by atoms with van der Waals surface area (Å²) in [6, 6.07) is 0. The zero-order chi connectivity index (χ0) is 29.7. The van der Waals surface area contributed by atoms with Crippen LogP contribution in [-0.2, 0) is 14.4 Å². The van der Waals surface area contributed by atoms with E-state index in [0.29, 0.717) is 6.54 Å². The number of nitrogens with zero attached hydrogens (tertiary/aromatic N) is 1. The van der Waals surface area contributed by atoms with Crippen molar-refractivity contribution >= 4 is 17.9 Å². The van der Waals surface area contributed by atoms with Gasteiger partial charge in [-0.15, -0.1) is 0 Å². The molecule has 0 heterocycles. The highest BCUT2D eigenvalue weighted by atomic mass is 16.4. The first kappa shape index (κ1) is 38.4. The molecule has 0 atom stereocenters. The summed E-state index contributed by atoms with van der Waals surface area (Å²) in [6.45, 7) is 3.78. The molecule has 0 aromatic rings. The highest BCUT2D eigenvalue weighted by Gasteiger charge is 2.29. The molecule has 0 spiro atoms. The molecule has 236 valence electrons. The lowest BCUT2D eigenvalue weighted by Gasteiger charge is -2.38. The van der Waals surface area contributed by atoms with Gasteiger partial charge in [-0.3, -0.25) is 14.4 Å². The lowest BCUT2D eigenvalue weighted by atomic mass is 10.0. The maximum Gasteiger partial charge on any atom is 0.309 e. The minimum Gasteiger partial charge on any atom is -0.481 e. The number of carboxylic acid groups (broad SMARTS) is 3. The third-order valence-electron chi connectivity index (χ3n) is 8.39. The number of carboxylic acids is 3. The molecular formula is C33H64NO6+. The third kappa shape index (κ3) is 26.6. The summed E-state index contributed by atoms with van der Waals surface area (Å²) in [5, 5.41) is 27.4. The lowest BCUT2D eigenvalue weighted by molar-refractivity contribution is -0.927. The van der Waals surface area contributed by atoms with Crippen molar-refractivity contribution in [1.82, 2.24) is 0 Å². The summed E-state index contributed by atoms with van der Waals surface area (Å²) >= 11 is 0. The quantitative estimate of drug-likeness (QED) is 0.0550. The Kier molecular flexibility index (Phi) is 26.4. The second-order valence-electron chi connectivity index (χ2n) is 12.1. The minimum atomic E-state index is -0.928. The summed E-state index contributed by atoms with van der Waals surface area (Å²) in [5.74, 6) is -2.79. The van der Waals surface area contributed by atoms with Crippen LogP contribution in [0.25, 0.3) is 0 Å². The Balaban J connectivity index is 3.77. The van der Waals surface area contributed by atoms with E-state index in [4.69, 9.17) is 15.3 Å². The average molecular weight is 571 g/mol. The number of hydrogen-bond donors (Lipinski definition) is 3. The maximum atomic E-state index is 11.2. The molecule has 0 fully saturated rings. The number of quaternary nitrogens is 1. The normalized spacial score (nSPS) is 11.6. The molecule has 40 heavy (non-hydrogen) atoms. The lowest BCUT2D eigenvalue weighted by Crippen LogP contribution is -2.52. The van der Waals surface area contributed by atoms with E-state index in [1.807, 2.05) is 0 Å². The molecule has 0 aliphatic heterocycles. The van der Waals surface area contributed by atoms with Crippen LogP contribution in [0.2, 0.25) is 0 Å². The van der Waals surface area contributed by atoms with Crippen molar-refractivity contribution in [2.45, 2.75) is 167 Å². The highest BCUT2D eigenvalue weighted by molar-refractivity contribution is 5.67. The van der Waals surface area contributed by atoms with Crippen LogP contribution >= 0.6 is 0 Å². The van der Waals surface area contributed by atoms with E-state index >= 15 is 0 Å². The number of hydrogen-bond acceptors (Lipinski definition) is 3. The molecule has 0 aromatic carbocycles. The number of aliphatic carboxylic acids is 3. The van der Waals surface area contributed by atoms with Crippen LogP contribution in [0.5, 0.6) is 0 Å². The van der Waals surface area contributed by atoms with E-state index < -0.39 is 17.9 Å². The fourth-order valence-electron chi connectivity index (χ4n) is 5.73. The average Bonchev–Trinajstić information content (AvgIpc) is 2.92. The molecule has 0 rings (SSSR count). The van der Waals surface area contributed by atoms with Crippen LogP contribution in [-0.4, -0.2) is 63.9 Å². The molecule has 0 saturated heterocycles. The molecule has 0 aliphatic rings. The Morgan fingerprint density at radius 2 is 0.600 bits per heavy atom. The van der Waals surface area contributed by atoms with Crippen LogP contribution in [0.1, 0.15) is 167 Å². The van der Waals surface area contributed by atoms with Gasteiger partial charge in [-0.25, -0.2) is 0 Å². The van der Waals surface area contributed by atoms with Crippen LogP contribution < -0.4 is 0 Å². The summed E-state index contributed by atoms with van der Waals surface area (Å²) in [7, 11) is 0. The Morgan fingerprint density at radius 1 is 0.375 bits per heavy atom. The molecule has 0 aliphatic carbocycles. The van der Waals surface area contributed by atoms with Crippen molar-refractivity contribution in [3.05, 3.63) is 0 Å². The molecule has 3 N–H and O–H groups in total. The van der Waals surface area contributed by atoms with E-state index in [2.05, 4.69) is 6.92 Å². The summed E-state index contributed by atoms with van der Waals surface area (Å²) in [6.07, 6.45) is 28.9. The van der Waals surface area contributed by atoms with Gasteiger partial charge < -0.3 is 19.8 Å². The molecular weight excluding hydrogens is 506 g/mol. The van der Waals surface area contributed by atoms with Crippen LogP contribution in [0.3, 0.4) is 0 Å². The van der Waals surface area contributed by atoms with Gasteiger partial charge in [0.15, 0.2) is 0 Å². The Bertz CT molecular complexity index is 579. The van der Waals surface area contributed by atoms with Gasteiger partial charge in [0.25, 0.3) is 0 Å². The number of carbonyl (C=O) groups is 3. The monoisotopic (exact) mass is 570 g/mol. The second-order valence-corrected chi connectivity index (χ2v) is 12.1. The maximum absolute atomic E-state index is 11.2. The minimum absolute atomic E-state index is 0.0709. The van der Waals surface area contributed by atoms with E-state index in [0.717, 1.165) is 19.3 Å². The van der Waals surface area contributed by atoms with Crippen molar-refractivity contribution < 1.29 is 34.2 Å². The van der Waals surface area contributed by atoms with Gasteiger partial charge in [0, 0.05) is 0 Å². The zero-order valence-corrected chi connectivity index (χ0v) is 26.0. The van der Waals surface area contributed by atoms with Crippen LogP contribution in [0.4, 0.5) is 0 Å². The molecule has 0 bridgehead atoms. The van der Waals surface area contributed by atoms with Gasteiger partial charge in [0.05, 0.1) is 45.4 Å². The second kappa shape index (κ2) is 27.5. The van der Waals surface area contributed by atoms with Crippen molar-refractivity contribution in [2.75, 3.05) is 26.2 Å². The molecule has 0 unspecified atom stereocenters. The van der Waals surface area contributed by atoms with E-state index in [9.17, 15) is 14.4 Å². The van der Waals surface area contributed by atoms with E-state index in [1.54, 1.807) is 0 Å². The Morgan fingerprint density at radius 3 is 0.825 bits per heavy atom. The highest BCUT2D eigenvalue weighted by Crippen LogP contribution is 2.18. The van der Waals surface area contributed by atoms with E-state index in [1.165, 1.54) is 122 Å². The third-order valence-corrected chi connectivity index (χ3v) is 8.39. The number of unbranched alkanes of at least 4 members (excludes halogenated alkanes) is 21. The first-order chi connectivity index (χ1) is 19.3. The fourth-order valence-corrected chi connectivity index (χ4v) is 5.73. The van der Waals surface area contributed by atoms with Crippen molar-refractivity contribution in [2.24, 2.45) is 0 Å². The standard InChI is InChI=1S/C33H63NO6/c1-2-3-4-5-6-7-8-9-10-11-12-13-14-15-16-17-18-19-20-21-22-23-27-34(28-24-31(35)36,29-25-32(37)38)30-26-33(39)40/h2-30H2,1H3,(H2-,35,36,37,38,39,40)/p+1. The molecule has 7 heteroatoms. The van der Waals surface area contributed by atoms with Gasteiger partial charge in [-0.2, -0.15) is 0 Å². The van der Waals surface area contributed by atoms with Crippen molar-refractivity contribution in [3.63, 3.8) is 0 Å². The van der Waals surface area contributed by atoms with Gasteiger partial charge in [-0.1, -0.05) is 135 Å². The summed E-state index contributed by atoms with van der Waals surface area (Å²) < 4.78 is 0.268. The van der Waals surface area contributed by atoms with Gasteiger partial charge in [0.1, 0.15) is 0 Å². The predicted octanol–water partition coefficient (Wildman–Crippen LogP) is 8.83. The van der Waals surface area contributed by atoms with Gasteiger partial charge >= 0.3 is 17.9 Å². The molecule has 0 amide bonds. The zero-order valence-electron chi connectivity index (χ0n) is 26.0. The summed E-state index contributed by atoms with van der Waals surface area (Å²) in [5.41, 5.74) is 0. The number of rotatable bonds is 32. The first-order valence-electron chi connectivity index (χ1n) is 16.8. The van der Waals surface area contributed by atoms with E-state index in [-0.39, 0.29) is 43.4 Å². The summed E-state index contributed by atoms with van der Waals surface area (Å²) in [4.78, 5) is 33.5. The van der Waals surface area contributed by atoms with Crippen molar-refractivity contribution in [1.29, 1.82) is 0 Å². The van der Waals surface area contributed by atoms with Crippen LogP contribution in [0.15, 0.2) is 0 Å². The molecule has 7 nitrogen and oxygen atoms in total. The van der Waals surface area contributed by atoms with Crippen molar-refractivity contribution in [3.8, 4) is 0 Å². The largest absolute Gasteiger partial charge is 0.481 e. The molecule has 0 radical (unpaired) electrons. The molecule has 0 aromatic heterocycles. The topological polar surface area (TPSA) is 112 Å². The fraction of sp³-hybridized carbons (Fsp3) is 0.909. The van der Waals surface area contributed by atoms with Gasteiger partial charge in [0.2, 0.25) is 0 Å². The Labute approximate surface area is 245 Å². The predicted molar refractivity (Wildman–Crippen MR) is 164 cm³/mol. The molecule has 0 saturated carbocycles. The van der Waals surface area contributed by atoms with Gasteiger partial charge in [-0.05, 0) is 12.8 Å².